The molecule has 1 fully saturated rings. The number of benzene rings is 2. The molecular formula is C22H22ClN5O. The Morgan fingerprint density at radius 1 is 1.31 bits per heavy atom. The maximum atomic E-state index is 12.8. The number of aromatic amines is 1. The van der Waals surface area contributed by atoms with Crippen LogP contribution < -0.4 is 10.6 Å². The molecule has 0 saturated carbocycles. The van der Waals surface area contributed by atoms with Gasteiger partial charge in [0.25, 0.3) is 0 Å². The Kier molecular flexibility index (Phi) is 5.03. The second-order valence-electron chi connectivity index (χ2n) is 8.13. The van der Waals surface area contributed by atoms with Crippen molar-refractivity contribution in [2.24, 2.45) is 5.92 Å². The van der Waals surface area contributed by atoms with Crippen molar-refractivity contribution >= 4 is 34.2 Å². The number of hydrogen-bond donors (Lipinski definition) is 3. The van der Waals surface area contributed by atoms with Crippen LogP contribution >= 0.6 is 11.6 Å². The third-order valence-corrected chi connectivity index (χ3v) is 5.86. The van der Waals surface area contributed by atoms with Crippen LogP contribution in [0.3, 0.4) is 0 Å². The van der Waals surface area contributed by atoms with E-state index in [-0.39, 0.29) is 17.4 Å². The van der Waals surface area contributed by atoms with Crippen molar-refractivity contribution in [1.82, 2.24) is 15.5 Å². The summed E-state index contributed by atoms with van der Waals surface area (Å²) in [7, 11) is 0. The molecule has 1 aliphatic rings. The fourth-order valence-corrected chi connectivity index (χ4v) is 3.89. The van der Waals surface area contributed by atoms with Gasteiger partial charge in [-0.15, -0.1) is 0 Å². The van der Waals surface area contributed by atoms with Crippen LogP contribution in [0.25, 0.3) is 22.0 Å². The number of nitrogens with zero attached hydrogens (tertiary/aromatic N) is 2. The van der Waals surface area contributed by atoms with Gasteiger partial charge in [-0.1, -0.05) is 17.7 Å². The monoisotopic (exact) mass is 407 g/mol. The number of carbonyl (C=O) groups is 1. The van der Waals surface area contributed by atoms with Gasteiger partial charge in [-0.2, -0.15) is 10.4 Å². The number of piperidine rings is 1. The highest BCUT2D eigenvalue weighted by Crippen LogP contribution is 2.33. The Labute approximate surface area is 174 Å². The molecule has 0 bridgehead atoms. The topological polar surface area (TPSA) is 93.6 Å². The fraction of sp³-hybridized carbons (Fsp3) is 0.318. The van der Waals surface area contributed by atoms with E-state index in [9.17, 15) is 10.1 Å². The smallest absolute Gasteiger partial charge is 0.229 e. The van der Waals surface area contributed by atoms with Gasteiger partial charge in [-0.25, -0.2) is 0 Å². The molecule has 7 heteroatoms. The normalized spacial score (nSPS) is 18.3. The third-order valence-electron chi connectivity index (χ3n) is 5.53. The molecular weight excluding hydrogens is 386 g/mol. The summed E-state index contributed by atoms with van der Waals surface area (Å²) in [6.45, 7) is 4.95. The van der Waals surface area contributed by atoms with Gasteiger partial charge >= 0.3 is 0 Å². The molecule has 29 heavy (non-hydrogen) atoms. The van der Waals surface area contributed by atoms with Crippen molar-refractivity contribution in [1.29, 1.82) is 5.26 Å². The number of rotatable bonds is 3. The quantitative estimate of drug-likeness (QED) is 0.597. The number of carbonyl (C=O) groups excluding carboxylic acids is 1. The molecule has 4 rings (SSSR count). The lowest BCUT2D eigenvalue weighted by Crippen LogP contribution is -2.49. The van der Waals surface area contributed by atoms with Crippen LogP contribution in [0.4, 0.5) is 5.82 Å². The van der Waals surface area contributed by atoms with Crippen LogP contribution in [0, 0.1) is 17.2 Å². The molecule has 3 aromatic rings. The average molecular weight is 408 g/mol. The highest BCUT2D eigenvalue weighted by atomic mass is 35.5. The van der Waals surface area contributed by atoms with Crippen LogP contribution in [-0.4, -0.2) is 28.2 Å². The number of amides is 1. The number of nitrogens with one attached hydrogen (secondary N) is 3. The molecule has 3 N–H and O–H groups in total. The largest absolute Gasteiger partial charge is 0.311 e. The minimum Gasteiger partial charge on any atom is -0.311 e. The van der Waals surface area contributed by atoms with Crippen LogP contribution in [-0.2, 0) is 4.79 Å². The minimum absolute atomic E-state index is 0.0312. The molecule has 1 atom stereocenters. The van der Waals surface area contributed by atoms with E-state index >= 15 is 0 Å². The zero-order chi connectivity index (χ0) is 20.6. The molecule has 1 amide bonds. The molecule has 0 spiro atoms. The Morgan fingerprint density at radius 3 is 2.86 bits per heavy atom. The number of aromatic nitrogens is 2. The highest BCUT2D eigenvalue weighted by Gasteiger charge is 2.30. The van der Waals surface area contributed by atoms with E-state index in [4.69, 9.17) is 11.6 Å². The van der Waals surface area contributed by atoms with Gasteiger partial charge in [-0.3, -0.25) is 9.89 Å². The van der Waals surface area contributed by atoms with Crippen molar-refractivity contribution in [2.45, 2.75) is 32.2 Å². The van der Waals surface area contributed by atoms with Crippen molar-refractivity contribution < 1.29 is 4.79 Å². The SMILES string of the molecule is CC1(C)CC[C@H](C(=O)Nc2n[nH]c3ccc(-c4cc(C#N)ccc4Cl)cc23)CN1. The molecule has 1 saturated heterocycles. The molecule has 6 nitrogen and oxygen atoms in total. The molecule has 0 unspecified atom stereocenters. The summed E-state index contributed by atoms with van der Waals surface area (Å²) in [5.74, 6) is 0.389. The standard InChI is InChI=1S/C22H22ClN5O/c1-22(2)8-7-15(12-25-22)21(29)26-20-17-10-14(4-6-19(17)27-28-20)16-9-13(11-24)3-5-18(16)23/h3-6,9-10,15,25H,7-8,12H2,1-2H3,(H2,26,27,28,29)/t15-/m0/s1. The van der Waals surface area contributed by atoms with Gasteiger partial charge in [0.1, 0.15) is 0 Å². The van der Waals surface area contributed by atoms with Gasteiger partial charge in [0.2, 0.25) is 5.91 Å². The minimum atomic E-state index is -0.0836. The first-order valence-electron chi connectivity index (χ1n) is 9.60. The average Bonchev–Trinajstić information content (AvgIpc) is 3.10. The Balaban J connectivity index is 1.61. The first-order chi connectivity index (χ1) is 13.9. The summed E-state index contributed by atoms with van der Waals surface area (Å²) in [6, 6.07) is 13.0. The summed E-state index contributed by atoms with van der Waals surface area (Å²) in [5.41, 5.74) is 3.06. The zero-order valence-corrected chi connectivity index (χ0v) is 17.1. The number of H-pyrrole nitrogens is 1. The molecule has 1 aromatic heterocycles. The number of fused-ring (bicyclic) bond motifs is 1. The predicted molar refractivity (Wildman–Crippen MR) is 115 cm³/mol. The molecule has 2 heterocycles. The Hall–Kier alpha value is -2.88. The van der Waals surface area contributed by atoms with Gasteiger partial charge in [0, 0.05) is 28.1 Å². The van der Waals surface area contributed by atoms with Gasteiger partial charge in [0.15, 0.2) is 5.82 Å². The Morgan fingerprint density at radius 2 is 2.14 bits per heavy atom. The summed E-state index contributed by atoms with van der Waals surface area (Å²) < 4.78 is 0. The molecule has 1 aliphatic heterocycles. The first kappa shape index (κ1) is 19.4. The number of halogens is 1. The first-order valence-corrected chi connectivity index (χ1v) is 9.98. The van der Waals surface area contributed by atoms with Crippen LogP contribution in [0.5, 0.6) is 0 Å². The third kappa shape index (κ3) is 3.98. The van der Waals surface area contributed by atoms with Crippen molar-refractivity contribution in [3.63, 3.8) is 0 Å². The van der Waals surface area contributed by atoms with Crippen molar-refractivity contribution in [2.75, 3.05) is 11.9 Å². The molecule has 0 aliphatic carbocycles. The zero-order valence-electron chi connectivity index (χ0n) is 16.3. The van der Waals surface area contributed by atoms with Crippen molar-refractivity contribution in [3.05, 3.63) is 47.0 Å². The van der Waals surface area contributed by atoms with Crippen molar-refractivity contribution in [3.8, 4) is 17.2 Å². The van der Waals surface area contributed by atoms with E-state index in [1.807, 2.05) is 18.2 Å². The lowest BCUT2D eigenvalue weighted by atomic mass is 9.86. The van der Waals surface area contributed by atoms with E-state index in [0.29, 0.717) is 22.9 Å². The predicted octanol–water partition coefficient (Wildman–Crippen LogP) is 4.47. The van der Waals surface area contributed by atoms with E-state index in [1.165, 1.54) is 0 Å². The fourth-order valence-electron chi connectivity index (χ4n) is 3.66. The van der Waals surface area contributed by atoms with Gasteiger partial charge in [0.05, 0.1) is 23.1 Å². The second kappa shape index (κ2) is 7.51. The summed E-state index contributed by atoms with van der Waals surface area (Å²) >= 11 is 6.35. The second-order valence-corrected chi connectivity index (χ2v) is 8.54. The van der Waals surface area contributed by atoms with Crippen LogP contribution in [0.1, 0.15) is 32.3 Å². The molecule has 2 aromatic carbocycles. The van der Waals surface area contributed by atoms with Crippen LogP contribution in [0.2, 0.25) is 5.02 Å². The number of anilines is 1. The highest BCUT2D eigenvalue weighted by molar-refractivity contribution is 6.33. The van der Waals surface area contributed by atoms with E-state index < -0.39 is 0 Å². The van der Waals surface area contributed by atoms with Crippen LogP contribution in [0.15, 0.2) is 36.4 Å². The summed E-state index contributed by atoms with van der Waals surface area (Å²) in [6.07, 6.45) is 1.79. The maximum absolute atomic E-state index is 12.8. The lowest BCUT2D eigenvalue weighted by Gasteiger charge is -2.35. The van der Waals surface area contributed by atoms with Gasteiger partial charge < -0.3 is 10.6 Å². The summed E-state index contributed by atoms with van der Waals surface area (Å²) in [5, 5.41) is 24.2. The summed E-state index contributed by atoms with van der Waals surface area (Å²) in [4.78, 5) is 12.8. The number of hydrogen-bond acceptors (Lipinski definition) is 4. The Bertz CT molecular complexity index is 1120. The maximum Gasteiger partial charge on any atom is 0.229 e. The number of nitriles is 1. The molecule has 148 valence electrons. The lowest BCUT2D eigenvalue weighted by molar-refractivity contribution is -0.120. The van der Waals surface area contributed by atoms with E-state index in [1.54, 1.807) is 18.2 Å². The van der Waals surface area contributed by atoms with E-state index in [2.05, 4.69) is 40.7 Å². The van der Waals surface area contributed by atoms with Gasteiger partial charge in [-0.05, 0) is 62.6 Å². The van der Waals surface area contributed by atoms with E-state index in [0.717, 1.165) is 34.9 Å². The molecule has 0 radical (unpaired) electrons.